The Morgan fingerprint density at radius 1 is 1.26 bits per heavy atom. The molecular formula is C13H13N5O. The molecule has 2 heterocycles. The molecule has 0 bridgehead atoms. The van der Waals surface area contributed by atoms with Gasteiger partial charge in [0.05, 0.1) is 23.8 Å². The summed E-state index contributed by atoms with van der Waals surface area (Å²) >= 11 is 0. The minimum Gasteiger partial charge on any atom is -0.399 e. The van der Waals surface area contributed by atoms with Crippen LogP contribution in [0.5, 0.6) is 0 Å². The second kappa shape index (κ2) is 4.56. The number of anilines is 1. The Balaban J connectivity index is 1.96. The van der Waals surface area contributed by atoms with Crippen LogP contribution >= 0.6 is 0 Å². The summed E-state index contributed by atoms with van der Waals surface area (Å²) in [6, 6.07) is 7.00. The van der Waals surface area contributed by atoms with Crippen molar-refractivity contribution in [2.45, 2.75) is 13.1 Å². The van der Waals surface area contributed by atoms with Gasteiger partial charge in [-0.05, 0) is 24.3 Å². The van der Waals surface area contributed by atoms with Crippen LogP contribution in [0.25, 0.3) is 10.9 Å². The second-order valence-electron chi connectivity index (χ2n) is 4.29. The Kier molecular flexibility index (Phi) is 2.75. The molecule has 0 amide bonds. The molecule has 0 unspecified atom stereocenters. The summed E-state index contributed by atoms with van der Waals surface area (Å²) < 4.78 is 3.35. The van der Waals surface area contributed by atoms with Crippen LogP contribution in [0.15, 0.2) is 47.8 Å². The first-order valence-electron chi connectivity index (χ1n) is 5.96. The number of fused-ring (bicyclic) bond motifs is 1. The molecular weight excluding hydrogens is 242 g/mol. The van der Waals surface area contributed by atoms with Gasteiger partial charge in [0, 0.05) is 24.6 Å². The number of nitrogen functional groups attached to an aromatic ring is 1. The summed E-state index contributed by atoms with van der Waals surface area (Å²) in [6.07, 6.45) is 5.13. The molecule has 1 aromatic carbocycles. The summed E-state index contributed by atoms with van der Waals surface area (Å²) in [7, 11) is 0. The predicted octanol–water partition coefficient (Wildman–Crippen LogP) is 0.875. The third kappa shape index (κ3) is 2.20. The van der Waals surface area contributed by atoms with E-state index in [4.69, 9.17) is 5.73 Å². The van der Waals surface area contributed by atoms with Crippen molar-refractivity contribution < 1.29 is 0 Å². The van der Waals surface area contributed by atoms with Crippen LogP contribution in [0, 0.1) is 0 Å². The van der Waals surface area contributed by atoms with Crippen LogP contribution in [-0.2, 0) is 13.1 Å². The van der Waals surface area contributed by atoms with Crippen LogP contribution in [-0.4, -0.2) is 19.3 Å². The Hall–Kier alpha value is -2.63. The number of hydrogen-bond acceptors (Lipinski definition) is 4. The highest BCUT2D eigenvalue weighted by molar-refractivity contribution is 5.80. The van der Waals surface area contributed by atoms with E-state index in [1.807, 2.05) is 12.3 Å². The van der Waals surface area contributed by atoms with Crippen LogP contribution in [0.4, 0.5) is 5.69 Å². The number of benzene rings is 1. The molecule has 0 saturated carbocycles. The summed E-state index contributed by atoms with van der Waals surface area (Å²) in [5, 5.41) is 4.64. The largest absolute Gasteiger partial charge is 0.399 e. The van der Waals surface area contributed by atoms with E-state index in [0.717, 1.165) is 0 Å². The fraction of sp³-hybridized carbons (Fsp3) is 0.154. The topological polar surface area (TPSA) is 78.7 Å². The molecule has 0 aliphatic heterocycles. The van der Waals surface area contributed by atoms with E-state index in [1.54, 1.807) is 40.0 Å². The van der Waals surface area contributed by atoms with Crippen molar-refractivity contribution >= 4 is 16.6 Å². The average molecular weight is 255 g/mol. The predicted molar refractivity (Wildman–Crippen MR) is 72.6 cm³/mol. The van der Waals surface area contributed by atoms with E-state index < -0.39 is 0 Å². The molecule has 6 heteroatoms. The van der Waals surface area contributed by atoms with Gasteiger partial charge in [0.2, 0.25) is 0 Å². The molecule has 2 N–H and O–H groups in total. The van der Waals surface area contributed by atoms with Crippen molar-refractivity contribution in [3.8, 4) is 0 Å². The summed E-state index contributed by atoms with van der Waals surface area (Å²) in [4.78, 5) is 16.5. The minimum atomic E-state index is -0.0792. The van der Waals surface area contributed by atoms with E-state index in [9.17, 15) is 4.79 Å². The van der Waals surface area contributed by atoms with Gasteiger partial charge in [-0.1, -0.05) is 0 Å². The van der Waals surface area contributed by atoms with Crippen LogP contribution < -0.4 is 11.3 Å². The van der Waals surface area contributed by atoms with Crippen LogP contribution in [0.3, 0.4) is 0 Å². The lowest BCUT2D eigenvalue weighted by Gasteiger charge is -2.07. The molecule has 0 atom stereocenters. The van der Waals surface area contributed by atoms with Gasteiger partial charge in [0.25, 0.3) is 5.56 Å². The number of nitrogens with two attached hydrogens (primary N) is 1. The minimum absolute atomic E-state index is 0.0792. The molecule has 96 valence electrons. The zero-order valence-electron chi connectivity index (χ0n) is 10.2. The normalized spacial score (nSPS) is 10.9. The van der Waals surface area contributed by atoms with Crippen molar-refractivity contribution in [3.05, 3.63) is 53.3 Å². The van der Waals surface area contributed by atoms with Crippen molar-refractivity contribution in [2.24, 2.45) is 0 Å². The molecule has 0 saturated heterocycles. The maximum absolute atomic E-state index is 12.3. The van der Waals surface area contributed by atoms with Gasteiger partial charge < -0.3 is 5.73 Å². The molecule has 3 aromatic rings. The summed E-state index contributed by atoms with van der Waals surface area (Å²) in [5.74, 6) is 0. The second-order valence-corrected chi connectivity index (χ2v) is 4.29. The lowest BCUT2D eigenvalue weighted by atomic mass is 10.2. The Labute approximate surface area is 109 Å². The van der Waals surface area contributed by atoms with Crippen molar-refractivity contribution in [1.82, 2.24) is 19.3 Å². The lowest BCUT2D eigenvalue weighted by Crippen LogP contribution is -2.23. The number of hydrogen-bond donors (Lipinski definition) is 1. The Morgan fingerprint density at radius 3 is 2.95 bits per heavy atom. The molecule has 0 aliphatic carbocycles. The molecule has 0 fully saturated rings. The van der Waals surface area contributed by atoms with Gasteiger partial charge in [0.15, 0.2) is 0 Å². The van der Waals surface area contributed by atoms with Gasteiger partial charge in [-0.3, -0.25) is 14.0 Å². The smallest absolute Gasteiger partial charge is 0.261 e. The molecule has 0 spiro atoms. The quantitative estimate of drug-likeness (QED) is 0.704. The van der Waals surface area contributed by atoms with E-state index in [1.165, 1.54) is 0 Å². The molecule has 6 nitrogen and oxygen atoms in total. The third-order valence-corrected chi connectivity index (χ3v) is 2.98. The van der Waals surface area contributed by atoms with Gasteiger partial charge in [-0.25, -0.2) is 4.98 Å². The first kappa shape index (κ1) is 11.5. The summed E-state index contributed by atoms with van der Waals surface area (Å²) in [6.45, 7) is 1.15. The lowest BCUT2D eigenvalue weighted by molar-refractivity contribution is 0.521. The van der Waals surface area contributed by atoms with Gasteiger partial charge >= 0.3 is 0 Å². The Morgan fingerprint density at radius 2 is 2.16 bits per heavy atom. The maximum atomic E-state index is 12.3. The maximum Gasteiger partial charge on any atom is 0.261 e. The van der Waals surface area contributed by atoms with E-state index in [0.29, 0.717) is 29.7 Å². The highest BCUT2D eigenvalue weighted by atomic mass is 16.1. The number of aryl methyl sites for hydroxylation is 2. The molecule has 19 heavy (non-hydrogen) atoms. The van der Waals surface area contributed by atoms with Crippen molar-refractivity contribution in [3.63, 3.8) is 0 Å². The number of rotatable bonds is 3. The van der Waals surface area contributed by atoms with E-state index in [2.05, 4.69) is 10.1 Å². The molecule has 0 aliphatic rings. The molecule has 3 rings (SSSR count). The van der Waals surface area contributed by atoms with E-state index >= 15 is 0 Å². The third-order valence-electron chi connectivity index (χ3n) is 2.98. The van der Waals surface area contributed by atoms with Crippen molar-refractivity contribution in [1.29, 1.82) is 0 Å². The standard InChI is InChI=1S/C13H13N5O/c14-10-2-3-12-11(8-10)13(19)17(9-15-12)6-7-18-5-1-4-16-18/h1-5,8-9H,6-7,14H2. The van der Waals surface area contributed by atoms with Gasteiger partial charge in [0.1, 0.15) is 0 Å². The van der Waals surface area contributed by atoms with Crippen LogP contribution in [0.2, 0.25) is 0 Å². The number of nitrogens with zero attached hydrogens (tertiary/aromatic N) is 4. The Bertz CT molecular complexity index is 760. The highest BCUT2D eigenvalue weighted by Crippen LogP contribution is 2.10. The monoisotopic (exact) mass is 255 g/mol. The summed E-state index contributed by atoms with van der Waals surface area (Å²) in [5.41, 5.74) is 6.85. The number of aromatic nitrogens is 4. The first-order valence-corrected chi connectivity index (χ1v) is 5.96. The van der Waals surface area contributed by atoms with Gasteiger partial charge in [-0.15, -0.1) is 0 Å². The fourth-order valence-electron chi connectivity index (χ4n) is 1.98. The average Bonchev–Trinajstić information content (AvgIpc) is 2.92. The SMILES string of the molecule is Nc1ccc2ncn(CCn3cccn3)c(=O)c2c1. The first-order chi connectivity index (χ1) is 9.24. The van der Waals surface area contributed by atoms with E-state index in [-0.39, 0.29) is 5.56 Å². The molecule has 0 radical (unpaired) electrons. The fourth-order valence-corrected chi connectivity index (χ4v) is 1.98. The van der Waals surface area contributed by atoms with Crippen molar-refractivity contribution in [2.75, 3.05) is 5.73 Å². The zero-order valence-corrected chi connectivity index (χ0v) is 10.2. The molecule has 2 aromatic heterocycles. The zero-order chi connectivity index (χ0) is 13.2. The van der Waals surface area contributed by atoms with Gasteiger partial charge in [-0.2, -0.15) is 5.10 Å². The highest BCUT2D eigenvalue weighted by Gasteiger charge is 2.04. The van der Waals surface area contributed by atoms with Crippen LogP contribution in [0.1, 0.15) is 0 Å².